The lowest BCUT2D eigenvalue weighted by atomic mass is 9.84. The van der Waals surface area contributed by atoms with Crippen molar-refractivity contribution in [3.63, 3.8) is 0 Å². The first-order valence-electron chi connectivity index (χ1n) is 10.7. The summed E-state index contributed by atoms with van der Waals surface area (Å²) in [5, 5.41) is 12.4. The fourth-order valence-electron chi connectivity index (χ4n) is 5.14. The van der Waals surface area contributed by atoms with Gasteiger partial charge in [0.1, 0.15) is 9.75 Å². The van der Waals surface area contributed by atoms with E-state index in [0.717, 1.165) is 11.1 Å². The van der Waals surface area contributed by atoms with Crippen LogP contribution >= 0.6 is 81.2 Å². The number of nitro groups is 1. The largest absolute Gasteiger partial charge is 0.273 e. The summed E-state index contributed by atoms with van der Waals surface area (Å²) < 4.78 is -2.15. The molecule has 5 rings (SSSR count). The molecule has 2 aromatic carbocycles. The molecule has 15 heteroatoms. The van der Waals surface area contributed by atoms with Crippen LogP contribution in [0.1, 0.15) is 15.9 Å². The number of hydrogen-bond acceptors (Lipinski definition) is 5. The zero-order valence-electron chi connectivity index (χ0n) is 18.5. The van der Waals surface area contributed by atoms with Crippen molar-refractivity contribution in [3.05, 3.63) is 84.9 Å². The highest BCUT2D eigenvalue weighted by Gasteiger charge is 2.88. The van der Waals surface area contributed by atoms with Gasteiger partial charge in [-0.2, -0.15) is 5.01 Å². The van der Waals surface area contributed by atoms with Gasteiger partial charge in [-0.1, -0.05) is 82.3 Å². The van der Waals surface area contributed by atoms with Crippen molar-refractivity contribution in [1.29, 1.82) is 0 Å². The smallest absolute Gasteiger partial charge is 0.272 e. The number of nitro benzene ring substituents is 1. The Kier molecular flexibility index (Phi) is 6.67. The van der Waals surface area contributed by atoms with E-state index in [9.17, 15) is 24.5 Å². The van der Waals surface area contributed by atoms with E-state index in [1.54, 1.807) is 24.3 Å². The van der Waals surface area contributed by atoms with Gasteiger partial charge in [0.05, 0.1) is 33.4 Å². The van der Waals surface area contributed by atoms with Crippen LogP contribution in [0.25, 0.3) is 0 Å². The summed E-state index contributed by atoms with van der Waals surface area (Å²) in [4.78, 5) is 48.0. The maximum atomic E-state index is 13.9. The maximum Gasteiger partial charge on any atom is 0.273 e. The molecule has 0 unspecified atom stereocenters. The fraction of sp³-hybridized carbons (Fsp3) is 0.261. The van der Waals surface area contributed by atoms with Gasteiger partial charge in [-0.15, -0.1) is 23.2 Å². The van der Waals surface area contributed by atoms with Crippen LogP contribution < -0.4 is 0 Å². The van der Waals surface area contributed by atoms with E-state index in [1.807, 2.05) is 0 Å². The van der Waals surface area contributed by atoms with Gasteiger partial charge in [0.15, 0.2) is 4.33 Å². The molecule has 38 heavy (non-hydrogen) atoms. The third kappa shape index (κ3) is 3.41. The molecule has 0 aromatic heterocycles. The summed E-state index contributed by atoms with van der Waals surface area (Å²) in [7, 11) is 0. The number of carbonyl (C=O) groups excluding carboxylic acids is 3. The summed E-state index contributed by atoms with van der Waals surface area (Å²) in [6.45, 7) is -0.371. The van der Waals surface area contributed by atoms with Crippen LogP contribution in [0.15, 0.2) is 58.6 Å². The molecule has 2 fully saturated rings. The molecule has 1 saturated carbocycles. The minimum atomic E-state index is -2.15. The number of non-ortho nitro benzene ring substituents is 1. The number of rotatable bonds is 5. The molecule has 0 radical (unpaired) electrons. The third-order valence-corrected chi connectivity index (χ3v) is 11.6. The molecule has 1 heterocycles. The molecule has 1 aliphatic heterocycles. The fourth-order valence-corrected chi connectivity index (χ4v) is 8.27. The number of hydrazine groups is 1. The van der Waals surface area contributed by atoms with Gasteiger partial charge in [-0.3, -0.25) is 24.5 Å². The Morgan fingerprint density at radius 2 is 1.47 bits per heavy atom. The van der Waals surface area contributed by atoms with Crippen LogP contribution in [0.5, 0.6) is 0 Å². The van der Waals surface area contributed by atoms with Crippen molar-refractivity contribution in [2.75, 3.05) is 0 Å². The zero-order valence-corrected chi connectivity index (χ0v) is 23.8. The third-order valence-electron chi connectivity index (χ3n) is 6.94. The Morgan fingerprint density at radius 3 is 2.00 bits per heavy atom. The highest BCUT2D eigenvalue weighted by atomic mass is 35.5. The molecule has 2 aliphatic carbocycles. The summed E-state index contributed by atoms with van der Waals surface area (Å²) in [5.41, 5.74) is -0.182. The van der Waals surface area contributed by atoms with Crippen molar-refractivity contribution in [1.82, 2.24) is 10.0 Å². The quantitative estimate of drug-likeness (QED) is 0.164. The average molecular weight is 659 g/mol. The molecule has 8 nitrogen and oxygen atoms in total. The van der Waals surface area contributed by atoms with Crippen LogP contribution in [0.4, 0.5) is 5.69 Å². The number of imide groups is 1. The number of carbonyl (C=O) groups is 3. The normalized spacial score (nSPS) is 29.2. The summed E-state index contributed by atoms with van der Waals surface area (Å²) in [6, 6.07) is 11.2. The van der Waals surface area contributed by atoms with Gasteiger partial charge >= 0.3 is 0 Å². The van der Waals surface area contributed by atoms with Gasteiger partial charge in [0, 0.05) is 22.7 Å². The van der Waals surface area contributed by atoms with Crippen molar-refractivity contribution in [2.24, 2.45) is 11.8 Å². The lowest BCUT2D eigenvalue weighted by Gasteiger charge is -2.37. The number of halogens is 7. The molecule has 2 bridgehead atoms. The van der Waals surface area contributed by atoms with Gasteiger partial charge in [0.25, 0.3) is 23.4 Å². The summed E-state index contributed by atoms with van der Waals surface area (Å²) >= 11 is 45.6. The molecule has 2 aromatic rings. The van der Waals surface area contributed by atoms with Gasteiger partial charge in [-0.05, 0) is 17.7 Å². The van der Waals surface area contributed by atoms with Crippen molar-refractivity contribution < 1.29 is 19.3 Å². The van der Waals surface area contributed by atoms with E-state index >= 15 is 0 Å². The van der Waals surface area contributed by atoms with E-state index in [0.29, 0.717) is 10.6 Å². The number of allylic oxidation sites excluding steroid dienone is 2. The second-order valence-corrected chi connectivity index (χ2v) is 12.5. The standard InChI is InChI=1S/C23H12Cl7N3O5/c24-13-7-2-1-4-11(13)9-31(18(34)10-5-3-6-12(8-10)33(37)38)32-19(35)14-15(20(32)36)22(28)17(26)16(25)21(14,27)23(22,29)30/h1-8,14-15H,9H2/t14-,15-,21+,22+/m0/s1. The summed E-state index contributed by atoms with van der Waals surface area (Å²) in [6.07, 6.45) is 0. The molecule has 198 valence electrons. The Morgan fingerprint density at radius 1 is 0.921 bits per heavy atom. The highest BCUT2D eigenvalue weighted by molar-refractivity contribution is 6.66. The highest BCUT2D eigenvalue weighted by Crippen LogP contribution is 2.77. The van der Waals surface area contributed by atoms with Crippen LogP contribution in [0.2, 0.25) is 5.02 Å². The predicted octanol–water partition coefficient (Wildman–Crippen LogP) is 6.25. The first-order chi connectivity index (χ1) is 17.7. The molecule has 4 atom stereocenters. The molecule has 3 aliphatic rings. The monoisotopic (exact) mass is 655 g/mol. The van der Waals surface area contributed by atoms with Gasteiger partial charge < -0.3 is 0 Å². The Bertz CT molecular complexity index is 1440. The van der Waals surface area contributed by atoms with E-state index in [-0.39, 0.29) is 32.9 Å². The zero-order chi connectivity index (χ0) is 27.9. The Balaban J connectivity index is 1.64. The minimum absolute atomic E-state index is 0.175. The molecular weight excluding hydrogens is 646 g/mol. The maximum absolute atomic E-state index is 13.9. The number of benzene rings is 2. The van der Waals surface area contributed by atoms with Crippen LogP contribution in [-0.2, 0) is 16.1 Å². The number of nitrogens with zero attached hydrogens (tertiary/aromatic N) is 3. The number of amides is 3. The van der Waals surface area contributed by atoms with Gasteiger partial charge in [0.2, 0.25) is 0 Å². The van der Waals surface area contributed by atoms with Crippen LogP contribution in [0, 0.1) is 22.0 Å². The van der Waals surface area contributed by atoms with Crippen LogP contribution in [-0.4, -0.2) is 46.7 Å². The van der Waals surface area contributed by atoms with Crippen molar-refractivity contribution in [3.8, 4) is 0 Å². The topological polar surface area (TPSA) is 101 Å². The lowest BCUT2D eigenvalue weighted by molar-refractivity contribution is -0.384. The SMILES string of the molecule is O=C(c1cccc([N+](=O)[O-])c1)N(Cc1ccccc1Cl)N1C(=O)[C@@H]2[C@@H](C1=O)[C@@]1(Cl)C(Cl)=C(Cl)[C@@]2(Cl)C1(Cl)Cl. The Labute approximate surface area is 250 Å². The molecule has 1 saturated heterocycles. The number of alkyl halides is 4. The number of hydrogen-bond donors (Lipinski definition) is 0. The average Bonchev–Trinajstić information content (AvgIpc) is 3.26. The molecule has 0 spiro atoms. The second-order valence-electron chi connectivity index (χ2n) is 8.83. The first kappa shape index (κ1) is 27.8. The number of fused-ring (bicyclic) bond motifs is 5. The van der Waals surface area contributed by atoms with E-state index in [2.05, 4.69) is 0 Å². The predicted molar refractivity (Wildman–Crippen MR) is 144 cm³/mol. The van der Waals surface area contributed by atoms with E-state index in [1.165, 1.54) is 18.2 Å². The molecule has 0 N–H and O–H groups in total. The molecule has 3 amide bonds. The van der Waals surface area contributed by atoms with E-state index < -0.39 is 48.6 Å². The van der Waals surface area contributed by atoms with Gasteiger partial charge in [-0.25, -0.2) is 5.01 Å². The Hall–Kier alpha value is -1.78. The van der Waals surface area contributed by atoms with Crippen molar-refractivity contribution in [2.45, 2.75) is 20.6 Å². The molecular formula is C23H12Cl7N3O5. The lowest BCUT2D eigenvalue weighted by Crippen LogP contribution is -2.55. The second kappa shape index (κ2) is 9.13. The van der Waals surface area contributed by atoms with Crippen molar-refractivity contribution >= 4 is 105 Å². The minimum Gasteiger partial charge on any atom is -0.272 e. The first-order valence-corrected chi connectivity index (χ1v) is 13.3. The van der Waals surface area contributed by atoms with Crippen LogP contribution in [0.3, 0.4) is 0 Å². The summed E-state index contributed by atoms with van der Waals surface area (Å²) in [5.74, 6) is -5.80. The van der Waals surface area contributed by atoms with E-state index in [4.69, 9.17) is 81.2 Å².